The molecule has 5 nitrogen and oxygen atoms in total. The standard InChI is InChI=1S/C15H21BClNO4/c1-9(19)18-12-8-13(20-6)11(17)7-10(12)16-21-14(2,3)15(4,5)22-16/h7-8H,1-6H3,(H,18,19). The Kier molecular flexibility index (Phi) is 4.48. The number of hydrogen-bond acceptors (Lipinski definition) is 4. The van der Waals surface area contributed by atoms with Crippen molar-refractivity contribution in [3.8, 4) is 5.75 Å². The number of benzene rings is 1. The molecule has 0 saturated carbocycles. The molecule has 1 aromatic carbocycles. The lowest BCUT2D eigenvalue weighted by Crippen LogP contribution is -2.41. The molecular formula is C15H21BClNO4. The predicted octanol–water partition coefficient (Wildman–Crippen LogP) is 2.61. The highest BCUT2D eigenvalue weighted by Gasteiger charge is 2.52. The highest BCUT2D eigenvalue weighted by molar-refractivity contribution is 6.64. The minimum absolute atomic E-state index is 0.192. The summed E-state index contributed by atoms with van der Waals surface area (Å²) in [7, 11) is 0.906. The van der Waals surface area contributed by atoms with Crippen molar-refractivity contribution >= 4 is 35.8 Å². The molecule has 1 aliphatic heterocycles. The van der Waals surface area contributed by atoms with Crippen LogP contribution in [0, 0.1) is 0 Å². The van der Waals surface area contributed by atoms with Crippen molar-refractivity contribution in [2.45, 2.75) is 45.8 Å². The molecule has 1 fully saturated rings. The first-order chi connectivity index (χ1) is 10.1. The summed E-state index contributed by atoms with van der Waals surface area (Å²) in [6.45, 7) is 9.31. The van der Waals surface area contributed by atoms with Crippen LogP contribution >= 0.6 is 11.6 Å². The Hall–Kier alpha value is -1.24. The first-order valence-corrected chi connectivity index (χ1v) is 7.46. The van der Waals surface area contributed by atoms with E-state index in [4.69, 9.17) is 25.6 Å². The lowest BCUT2D eigenvalue weighted by atomic mass is 9.77. The van der Waals surface area contributed by atoms with Crippen LogP contribution in [-0.4, -0.2) is 31.3 Å². The molecule has 0 unspecified atom stereocenters. The fraction of sp³-hybridized carbons (Fsp3) is 0.533. The second-order valence-corrected chi connectivity index (χ2v) is 6.75. The van der Waals surface area contributed by atoms with Gasteiger partial charge in [0.1, 0.15) is 5.75 Å². The average molecular weight is 326 g/mol. The Morgan fingerprint density at radius 2 is 1.77 bits per heavy atom. The van der Waals surface area contributed by atoms with Crippen LogP contribution in [0.3, 0.4) is 0 Å². The van der Waals surface area contributed by atoms with E-state index in [0.717, 1.165) is 0 Å². The van der Waals surface area contributed by atoms with E-state index in [-0.39, 0.29) is 5.91 Å². The van der Waals surface area contributed by atoms with Crippen LogP contribution in [0.2, 0.25) is 5.02 Å². The highest BCUT2D eigenvalue weighted by Crippen LogP contribution is 2.38. The summed E-state index contributed by atoms with van der Waals surface area (Å²) in [5.74, 6) is 0.285. The van der Waals surface area contributed by atoms with Gasteiger partial charge in [0.25, 0.3) is 0 Å². The number of hydrogen-bond donors (Lipinski definition) is 1. The van der Waals surface area contributed by atoms with Crippen LogP contribution in [0.4, 0.5) is 5.69 Å². The SMILES string of the molecule is COc1cc(NC(C)=O)c(B2OC(C)(C)C(C)(C)O2)cc1Cl. The number of anilines is 1. The molecule has 0 spiro atoms. The van der Waals surface area contributed by atoms with Crippen molar-refractivity contribution in [1.82, 2.24) is 0 Å². The molecule has 0 bridgehead atoms. The minimum atomic E-state index is -0.616. The smallest absolute Gasteiger partial charge is 0.495 e. The molecule has 7 heteroatoms. The van der Waals surface area contributed by atoms with Crippen LogP contribution in [0.1, 0.15) is 34.6 Å². The van der Waals surface area contributed by atoms with E-state index in [1.54, 1.807) is 12.1 Å². The maximum Gasteiger partial charge on any atom is 0.497 e. The van der Waals surface area contributed by atoms with E-state index in [1.807, 2.05) is 27.7 Å². The molecule has 1 heterocycles. The molecular weight excluding hydrogens is 304 g/mol. The van der Waals surface area contributed by atoms with Gasteiger partial charge in [0, 0.05) is 24.1 Å². The fourth-order valence-electron chi connectivity index (χ4n) is 2.19. The van der Waals surface area contributed by atoms with Gasteiger partial charge in [0.05, 0.1) is 23.3 Å². The summed E-state index contributed by atoms with van der Waals surface area (Å²) in [6.07, 6.45) is 0. The van der Waals surface area contributed by atoms with Gasteiger partial charge in [0.15, 0.2) is 0 Å². The first-order valence-electron chi connectivity index (χ1n) is 7.08. The normalized spacial score (nSPS) is 19.1. The van der Waals surface area contributed by atoms with E-state index < -0.39 is 18.3 Å². The van der Waals surface area contributed by atoms with Crippen molar-refractivity contribution in [2.24, 2.45) is 0 Å². The monoisotopic (exact) mass is 325 g/mol. The number of nitrogens with one attached hydrogen (secondary N) is 1. The van der Waals surface area contributed by atoms with Gasteiger partial charge in [-0.05, 0) is 33.8 Å². The summed E-state index contributed by atoms with van der Waals surface area (Å²) >= 11 is 6.21. The molecule has 1 amide bonds. The molecule has 120 valence electrons. The van der Waals surface area contributed by atoms with Gasteiger partial charge in [-0.15, -0.1) is 0 Å². The van der Waals surface area contributed by atoms with Crippen molar-refractivity contribution in [2.75, 3.05) is 12.4 Å². The highest BCUT2D eigenvalue weighted by atomic mass is 35.5. The molecule has 1 N–H and O–H groups in total. The Labute approximate surface area is 136 Å². The zero-order chi connectivity index (χ0) is 16.7. The largest absolute Gasteiger partial charge is 0.497 e. The van der Waals surface area contributed by atoms with E-state index in [2.05, 4.69) is 5.32 Å². The number of halogens is 1. The Morgan fingerprint density at radius 3 is 2.23 bits per heavy atom. The number of amides is 1. The van der Waals surface area contributed by atoms with E-state index in [1.165, 1.54) is 14.0 Å². The Morgan fingerprint density at radius 1 is 1.23 bits per heavy atom. The summed E-state index contributed by atoms with van der Waals surface area (Å²) in [5, 5.41) is 3.20. The van der Waals surface area contributed by atoms with Gasteiger partial charge in [-0.2, -0.15) is 0 Å². The number of carbonyl (C=O) groups is 1. The Balaban J connectivity index is 2.46. The van der Waals surface area contributed by atoms with Gasteiger partial charge in [-0.3, -0.25) is 4.79 Å². The van der Waals surface area contributed by atoms with E-state index in [0.29, 0.717) is 21.9 Å². The summed E-state index contributed by atoms with van der Waals surface area (Å²) in [4.78, 5) is 11.5. The number of ether oxygens (including phenoxy) is 1. The zero-order valence-electron chi connectivity index (χ0n) is 13.7. The lowest BCUT2D eigenvalue weighted by molar-refractivity contribution is -0.114. The van der Waals surface area contributed by atoms with Crippen molar-refractivity contribution in [3.63, 3.8) is 0 Å². The topological polar surface area (TPSA) is 56.8 Å². The Bertz CT molecular complexity index is 587. The quantitative estimate of drug-likeness (QED) is 0.868. The molecule has 0 radical (unpaired) electrons. The zero-order valence-corrected chi connectivity index (χ0v) is 14.5. The summed E-state index contributed by atoms with van der Waals surface area (Å²) in [5.41, 5.74) is 0.279. The third kappa shape index (κ3) is 3.09. The maximum absolute atomic E-state index is 11.5. The van der Waals surface area contributed by atoms with Crippen molar-refractivity contribution in [1.29, 1.82) is 0 Å². The van der Waals surface area contributed by atoms with Crippen molar-refractivity contribution < 1.29 is 18.8 Å². The lowest BCUT2D eigenvalue weighted by Gasteiger charge is -2.32. The predicted molar refractivity (Wildman–Crippen MR) is 88.0 cm³/mol. The van der Waals surface area contributed by atoms with Crippen LogP contribution in [0.15, 0.2) is 12.1 Å². The fourth-order valence-corrected chi connectivity index (χ4v) is 2.44. The molecule has 0 aliphatic carbocycles. The molecule has 1 aromatic rings. The second kappa shape index (κ2) is 5.76. The van der Waals surface area contributed by atoms with E-state index in [9.17, 15) is 4.79 Å². The number of carbonyl (C=O) groups excluding carboxylic acids is 1. The van der Waals surface area contributed by atoms with Crippen LogP contribution in [0.5, 0.6) is 5.75 Å². The van der Waals surface area contributed by atoms with Crippen molar-refractivity contribution in [3.05, 3.63) is 17.2 Å². The van der Waals surface area contributed by atoms with Gasteiger partial charge in [-0.25, -0.2) is 0 Å². The molecule has 2 rings (SSSR count). The number of methoxy groups -OCH3 is 1. The van der Waals surface area contributed by atoms with Gasteiger partial charge in [-0.1, -0.05) is 11.6 Å². The van der Waals surface area contributed by atoms with Crippen LogP contribution in [-0.2, 0) is 14.1 Å². The second-order valence-electron chi connectivity index (χ2n) is 6.34. The summed E-state index contributed by atoms with van der Waals surface area (Å²) in [6, 6.07) is 3.37. The third-order valence-corrected chi connectivity index (χ3v) is 4.44. The molecule has 0 atom stereocenters. The third-order valence-electron chi connectivity index (χ3n) is 4.14. The molecule has 0 aromatic heterocycles. The molecule has 1 saturated heterocycles. The van der Waals surface area contributed by atoms with Gasteiger partial charge >= 0.3 is 7.12 Å². The minimum Gasteiger partial charge on any atom is -0.495 e. The van der Waals surface area contributed by atoms with E-state index >= 15 is 0 Å². The first kappa shape index (κ1) is 17.1. The summed E-state index contributed by atoms with van der Waals surface area (Å²) < 4.78 is 17.3. The maximum atomic E-state index is 11.5. The number of rotatable bonds is 3. The molecule has 22 heavy (non-hydrogen) atoms. The van der Waals surface area contributed by atoms with Crippen LogP contribution < -0.4 is 15.5 Å². The van der Waals surface area contributed by atoms with Crippen LogP contribution in [0.25, 0.3) is 0 Å². The molecule has 1 aliphatic rings. The van der Waals surface area contributed by atoms with Gasteiger partial charge in [0.2, 0.25) is 5.91 Å². The van der Waals surface area contributed by atoms with Gasteiger partial charge < -0.3 is 19.4 Å². The average Bonchev–Trinajstić information content (AvgIpc) is 2.59.